The van der Waals surface area contributed by atoms with E-state index in [1.165, 1.54) is 25.7 Å². The van der Waals surface area contributed by atoms with Crippen molar-refractivity contribution in [3.05, 3.63) is 6.33 Å². The molecule has 4 nitrogen and oxygen atoms in total. The van der Waals surface area contributed by atoms with E-state index in [4.69, 9.17) is 5.73 Å². The van der Waals surface area contributed by atoms with Crippen molar-refractivity contribution in [2.75, 3.05) is 6.54 Å². The molecule has 0 saturated heterocycles. The molecule has 0 radical (unpaired) electrons. The van der Waals surface area contributed by atoms with Crippen LogP contribution in [0.2, 0.25) is 0 Å². The number of nitrogens with one attached hydrogen (secondary N) is 1. The van der Waals surface area contributed by atoms with Crippen molar-refractivity contribution in [2.24, 2.45) is 17.6 Å². The van der Waals surface area contributed by atoms with E-state index in [1.807, 2.05) is 11.8 Å². The quantitative estimate of drug-likeness (QED) is 0.845. The summed E-state index contributed by atoms with van der Waals surface area (Å²) in [6.07, 6.45) is 6.72. The SMILES string of the molecule is CCC1CCC(CN)C(Sc2ncn[nH]2)C1. The van der Waals surface area contributed by atoms with Gasteiger partial charge in [-0.15, -0.1) is 0 Å². The number of nitrogens with two attached hydrogens (primary N) is 1. The van der Waals surface area contributed by atoms with E-state index in [-0.39, 0.29) is 0 Å². The normalized spacial score (nSPS) is 30.5. The highest BCUT2D eigenvalue weighted by molar-refractivity contribution is 7.99. The number of hydrogen-bond acceptors (Lipinski definition) is 4. The summed E-state index contributed by atoms with van der Waals surface area (Å²) >= 11 is 1.81. The molecule has 16 heavy (non-hydrogen) atoms. The van der Waals surface area contributed by atoms with Gasteiger partial charge in [-0.1, -0.05) is 31.5 Å². The van der Waals surface area contributed by atoms with Crippen LogP contribution < -0.4 is 5.73 Å². The highest BCUT2D eigenvalue weighted by atomic mass is 32.2. The Bertz CT molecular complexity index is 301. The second kappa shape index (κ2) is 5.68. The molecule has 1 saturated carbocycles. The fourth-order valence-corrected chi connectivity index (χ4v) is 3.76. The molecule has 3 atom stereocenters. The molecule has 1 aliphatic carbocycles. The summed E-state index contributed by atoms with van der Waals surface area (Å²) in [7, 11) is 0. The summed E-state index contributed by atoms with van der Waals surface area (Å²) in [5.41, 5.74) is 5.85. The Labute approximate surface area is 101 Å². The average molecular weight is 240 g/mol. The zero-order valence-electron chi connectivity index (χ0n) is 9.72. The molecule has 0 amide bonds. The molecule has 3 unspecified atom stereocenters. The first-order valence-electron chi connectivity index (χ1n) is 6.05. The van der Waals surface area contributed by atoms with Crippen LogP contribution in [0.1, 0.15) is 32.6 Å². The second-order valence-electron chi connectivity index (χ2n) is 4.53. The fourth-order valence-electron chi connectivity index (χ4n) is 2.45. The van der Waals surface area contributed by atoms with Crippen LogP contribution >= 0.6 is 11.8 Å². The zero-order valence-corrected chi connectivity index (χ0v) is 10.5. The lowest BCUT2D eigenvalue weighted by molar-refractivity contribution is 0.283. The Hall–Kier alpha value is -0.550. The van der Waals surface area contributed by atoms with Gasteiger partial charge in [0.15, 0.2) is 5.16 Å². The van der Waals surface area contributed by atoms with Gasteiger partial charge in [-0.2, -0.15) is 5.10 Å². The minimum atomic E-state index is 0.608. The van der Waals surface area contributed by atoms with E-state index in [0.717, 1.165) is 17.6 Å². The third-order valence-electron chi connectivity index (χ3n) is 3.57. The number of aromatic amines is 1. The van der Waals surface area contributed by atoms with Gasteiger partial charge in [0.05, 0.1) is 0 Å². The molecule has 1 aliphatic rings. The van der Waals surface area contributed by atoms with Crippen LogP contribution in [0.25, 0.3) is 0 Å². The van der Waals surface area contributed by atoms with Gasteiger partial charge in [-0.3, -0.25) is 5.10 Å². The van der Waals surface area contributed by atoms with Crippen molar-refractivity contribution >= 4 is 11.8 Å². The summed E-state index contributed by atoms with van der Waals surface area (Å²) in [6.45, 7) is 3.08. The predicted octanol–water partition coefficient (Wildman–Crippen LogP) is 2.05. The number of nitrogens with zero attached hydrogens (tertiary/aromatic N) is 2. The standard InChI is InChI=1S/C11H20N4S/c1-2-8-3-4-9(6-12)10(5-8)16-11-13-7-14-15-11/h7-10H,2-6,12H2,1H3,(H,13,14,15). The molecular weight excluding hydrogens is 220 g/mol. The van der Waals surface area contributed by atoms with Gasteiger partial charge in [0.2, 0.25) is 0 Å². The van der Waals surface area contributed by atoms with Gasteiger partial charge in [-0.05, 0) is 31.2 Å². The fraction of sp³-hybridized carbons (Fsp3) is 0.818. The number of rotatable bonds is 4. The molecule has 1 aromatic heterocycles. The summed E-state index contributed by atoms with van der Waals surface area (Å²) in [5.74, 6) is 1.50. The smallest absolute Gasteiger partial charge is 0.183 e. The first-order chi connectivity index (χ1) is 7.83. The van der Waals surface area contributed by atoms with E-state index in [9.17, 15) is 0 Å². The highest BCUT2D eigenvalue weighted by Crippen LogP contribution is 2.39. The van der Waals surface area contributed by atoms with Gasteiger partial charge >= 0.3 is 0 Å². The molecule has 0 aliphatic heterocycles. The highest BCUT2D eigenvalue weighted by Gasteiger charge is 2.30. The molecule has 0 spiro atoms. The summed E-state index contributed by atoms with van der Waals surface area (Å²) in [5, 5.41) is 8.35. The Morgan fingerprint density at radius 3 is 3.06 bits per heavy atom. The zero-order chi connectivity index (χ0) is 11.4. The third-order valence-corrected chi connectivity index (χ3v) is 4.87. The largest absolute Gasteiger partial charge is 0.330 e. The van der Waals surface area contributed by atoms with Crippen LogP contribution in [0.15, 0.2) is 11.5 Å². The lowest BCUT2D eigenvalue weighted by atomic mass is 9.80. The number of hydrogen-bond donors (Lipinski definition) is 2. The van der Waals surface area contributed by atoms with Gasteiger partial charge < -0.3 is 5.73 Å². The van der Waals surface area contributed by atoms with E-state index >= 15 is 0 Å². The first-order valence-corrected chi connectivity index (χ1v) is 6.93. The Morgan fingerprint density at radius 1 is 1.56 bits per heavy atom. The molecule has 5 heteroatoms. The molecular formula is C11H20N4S. The van der Waals surface area contributed by atoms with Gasteiger partial charge in [0, 0.05) is 5.25 Å². The molecule has 1 fully saturated rings. The maximum atomic E-state index is 5.85. The van der Waals surface area contributed by atoms with Crippen LogP contribution in [0.3, 0.4) is 0 Å². The number of aromatic nitrogens is 3. The molecule has 1 aromatic rings. The van der Waals surface area contributed by atoms with Crippen LogP contribution in [0, 0.1) is 11.8 Å². The summed E-state index contributed by atoms with van der Waals surface area (Å²) in [6, 6.07) is 0. The van der Waals surface area contributed by atoms with Gasteiger partial charge in [0.25, 0.3) is 0 Å². The summed E-state index contributed by atoms with van der Waals surface area (Å²) in [4.78, 5) is 4.19. The summed E-state index contributed by atoms with van der Waals surface area (Å²) < 4.78 is 0. The Balaban J connectivity index is 1.97. The van der Waals surface area contributed by atoms with Crippen molar-refractivity contribution in [3.8, 4) is 0 Å². The second-order valence-corrected chi connectivity index (χ2v) is 5.76. The van der Waals surface area contributed by atoms with Crippen molar-refractivity contribution < 1.29 is 0 Å². The maximum Gasteiger partial charge on any atom is 0.183 e. The van der Waals surface area contributed by atoms with Crippen molar-refractivity contribution in [1.29, 1.82) is 0 Å². The number of thioether (sulfide) groups is 1. The van der Waals surface area contributed by atoms with Gasteiger partial charge in [-0.25, -0.2) is 4.98 Å². The van der Waals surface area contributed by atoms with Crippen LogP contribution in [0.4, 0.5) is 0 Å². The first kappa shape index (κ1) is 11.9. The monoisotopic (exact) mass is 240 g/mol. The Morgan fingerprint density at radius 2 is 2.44 bits per heavy atom. The van der Waals surface area contributed by atoms with Crippen LogP contribution in [-0.4, -0.2) is 27.0 Å². The topological polar surface area (TPSA) is 67.6 Å². The van der Waals surface area contributed by atoms with Crippen LogP contribution in [0.5, 0.6) is 0 Å². The van der Waals surface area contributed by atoms with Crippen LogP contribution in [-0.2, 0) is 0 Å². The number of H-pyrrole nitrogens is 1. The van der Waals surface area contributed by atoms with E-state index in [0.29, 0.717) is 11.2 Å². The average Bonchev–Trinajstić information content (AvgIpc) is 2.82. The lowest BCUT2D eigenvalue weighted by Crippen LogP contribution is -2.32. The molecule has 3 N–H and O–H groups in total. The van der Waals surface area contributed by atoms with E-state index < -0.39 is 0 Å². The lowest BCUT2D eigenvalue weighted by Gasteiger charge is -2.34. The molecule has 90 valence electrons. The third kappa shape index (κ3) is 2.77. The van der Waals surface area contributed by atoms with E-state index in [1.54, 1.807) is 6.33 Å². The van der Waals surface area contributed by atoms with Gasteiger partial charge in [0.1, 0.15) is 6.33 Å². The van der Waals surface area contributed by atoms with Crippen molar-refractivity contribution in [3.63, 3.8) is 0 Å². The maximum absolute atomic E-state index is 5.85. The van der Waals surface area contributed by atoms with Crippen molar-refractivity contribution in [1.82, 2.24) is 15.2 Å². The molecule has 0 aromatic carbocycles. The van der Waals surface area contributed by atoms with E-state index in [2.05, 4.69) is 22.1 Å². The minimum Gasteiger partial charge on any atom is -0.330 e. The minimum absolute atomic E-state index is 0.608. The Kier molecular flexibility index (Phi) is 4.23. The molecule has 1 heterocycles. The molecule has 0 bridgehead atoms. The molecule has 2 rings (SSSR count). The predicted molar refractivity (Wildman–Crippen MR) is 66.2 cm³/mol. The van der Waals surface area contributed by atoms with Crippen molar-refractivity contribution in [2.45, 2.75) is 43.0 Å².